The molecule has 2 rings (SSSR count). The molecular formula is C15H13Cl2NO2. The maximum atomic E-state index is 10.9. The molecule has 5 heteroatoms. The number of rotatable bonds is 4. The molecule has 104 valence electrons. The van der Waals surface area contributed by atoms with Gasteiger partial charge in [0.05, 0.1) is 10.0 Å². The van der Waals surface area contributed by atoms with Crippen molar-refractivity contribution in [3.8, 4) is 5.75 Å². The number of nitrogens with one attached hydrogen (secondary N) is 1. The largest absolute Gasteiger partial charge is 0.489 e. The first-order chi connectivity index (χ1) is 9.56. The highest BCUT2D eigenvalue weighted by atomic mass is 35.5. The van der Waals surface area contributed by atoms with Gasteiger partial charge in [-0.3, -0.25) is 4.79 Å². The molecular weight excluding hydrogens is 297 g/mol. The predicted octanol–water partition coefficient (Wildman–Crippen LogP) is 4.53. The third-order valence-electron chi connectivity index (χ3n) is 2.60. The van der Waals surface area contributed by atoms with E-state index in [1.165, 1.54) is 6.92 Å². The fourth-order valence-corrected chi connectivity index (χ4v) is 2.03. The van der Waals surface area contributed by atoms with Crippen molar-refractivity contribution < 1.29 is 9.53 Å². The number of anilines is 1. The van der Waals surface area contributed by atoms with Crippen LogP contribution in [-0.4, -0.2) is 5.91 Å². The van der Waals surface area contributed by atoms with Gasteiger partial charge in [-0.15, -0.1) is 0 Å². The number of halogens is 2. The number of benzene rings is 2. The average Bonchev–Trinajstić information content (AvgIpc) is 2.41. The zero-order valence-electron chi connectivity index (χ0n) is 10.8. The van der Waals surface area contributed by atoms with Crippen LogP contribution in [0.15, 0.2) is 42.5 Å². The van der Waals surface area contributed by atoms with Crippen molar-refractivity contribution in [2.24, 2.45) is 0 Å². The molecule has 0 fully saturated rings. The van der Waals surface area contributed by atoms with Crippen LogP contribution in [0.25, 0.3) is 0 Å². The minimum Gasteiger partial charge on any atom is -0.489 e. The summed E-state index contributed by atoms with van der Waals surface area (Å²) in [4.78, 5) is 10.9. The molecule has 3 nitrogen and oxygen atoms in total. The molecule has 0 saturated carbocycles. The molecule has 0 unspecified atom stereocenters. The summed E-state index contributed by atoms with van der Waals surface area (Å²) in [5.74, 6) is 0.583. The van der Waals surface area contributed by atoms with Crippen molar-refractivity contribution in [1.82, 2.24) is 0 Å². The maximum Gasteiger partial charge on any atom is 0.221 e. The molecule has 20 heavy (non-hydrogen) atoms. The van der Waals surface area contributed by atoms with Crippen LogP contribution in [0.1, 0.15) is 12.5 Å². The van der Waals surface area contributed by atoms with E-state index in [1.807, 2.05) is 12.1 Å². The maximum absolute atomic E-state index is 10.9. The zero-order chi connectivity index (χ0) is 14.5. The molecule has 0 aliphatic heterocycles. The van der Waals surface area contributed by atoms with Crippen molar-refractivity contribution in [2.45, 2.75) is 13.5 Å². The lowest BCUT2D eigenvalue weighted by molar-refractivity contribution is -0.114. The molecule has 0 aliphatic rings. The SMILES string of the molecule is CC(=O)Nc1ccc(OCc2cccc(Cl)c2Cl)cc1. The fraction of sp³-hybridized carbons (Fsp3) is 0.133. The van der Waals surface area contributed by atoms with Gasteiger partial charge in [-0.2, -0.15) is 0 Å². The van der Waals surface area contributed by atoms with Gasteiger partial charge in [0.1, 0.15) is 12.4 Å². The van der Waals surface area contributed by atoms with Crippen LogP contribution in [0.5, 0.6) is 5.75 Å². The van der Waals surface area contributed by atoms with Gasteiger partial charge in [0.25, 0.3) is 0 Å². The number of hydrogen-bond acceptors (Lipinski definition) is 2. The molecule has 0 heterocycles. The molecule has 0 spiro atoms. The molecule has 0 aromatic heterocycles. The van der Waals surface area contributed by atoms with Gasteiger partial charge in [-0.1, -0.05) is 35.3 Å². The summed E-state index contributed by atoms with van der Waals surface area (Å²) in [6.07, 6.45) is 0. The predicted molar refractivity (Wildman–Crippen MR) is 81.5 cm³/mol. The van der Waals surface area contributed by atoms with E-state index >= 15 is 0 Å². The van der Waals surface area contributed by atoms with E-state index in [-0.39, 0.29) is 5.91 Å². The zero-order valence-corrected chi connectivity index (χ0v) is 12.3. The molecule has 1 amide bonds. The second-order valence-corrected chi connectivity index (χ2v) is 4.99. The lowest BCUT2D eigenvalue weighted by atomic mass is 10.2. The van der Waals surface area contributed by atoms with E-state index in [1.54, 1.807) is 30.3 Å². The summed E-state index contributed by atoms with van der Waals surface area (Å²) in [7, 11) is 0. The smallest absolute Gasteiger partial charge is 0.221 e. The Bertz CT molecular complexity index is 612. The summed E-state index contributed by atoms with van der Waals surface area (Å²) < 4.78 is 5.63. The highest BCUT2D eigenvalue weighted by Crippen LogP contribution is 2.26. The summed E-state index contributed by atoms with van der Waals surface area (Å²) in [5, 5.41) is 3.70. The summed E-state index contributed by atoms with van der Waals surface area (Å²) >= 11 is 12.0. The Morgan fingerprint density at radius 2 is 1.85 bits per heavy atom. The van der Waals surface area contributed by atoms with Gasteiger partial charge < -0.3 is 10.1 Å². The van der Waals surface area contributed by atoms with Gasteiger partial charge in [0.2, 0.25) is 5.91 Å². The van der Waals surface area contributed by atoms with Gasteiger partial charge in [-0.05, 0) is 30.3 Å². The first-order valence-electron chi connectivity index (χ1n) is 5.99. The number of carbonyl (C=O) groups excluding carboxylic acids is 1. The van der Waals surface area contributed by atoms with Crippen molar-refractivity contribution in [1.29, 1.82) is 0 Å². The van der Waals surface area contributed by atoms with E-state index in [0.717, 1.165) is 11.3 Å². The van der Waals surface area contributed by atoms with Crippen LogP contribution in [-0.2, 0) is 11.4 Å². The van der Waals surface area contributed by atoms with Crippen LogP contribution in [0.4, 0.5) is 5.69 Å². The Morgan fingerprint density at radius 1 is 1.15 bits per heavy atom. The van der Waals surface area contributed by atoms with Gasteiger partial charge in [0.15, 0.2) is 0 Å². The van der Waals surface area contributed by atoms with Crippen LogP contribution in [0, 0.1) is 0 Å². The number of ether oxygens (including phenoxy) is 1. The van der Waals surface area contributed by atoms with Crippen molar-refractivity contribution >= 4 is 34.8 Å². The molecule has 2 aromatic carbocycles. The second-order valence-electron chi connectivity index (χ2n) is 4.21. The lowest BCUT2D eigenvalue weighted by Gasteiger charge is -2.09. The Kier molecular flexibility index (Phi) is 4.88. The Morgan fingerprint density at radius 3 is 2.50 bits per heavy atom. The highest BCUT2D eigenvalue weighted by Gasteiger charge is 2.05. The summed E-state index contributed by atoms with van der Waals surface area (Å²) in [6.45, 7) is 1.80. The fourth-order valence-electron chi connectivity index (χ4n) is 1.66. The third kappa shape index (κ3) is 3.89. The Balaban J connectivity index is 2.00. The van der Waals surface area contributed by atoms with Gasteiger partial charge in [0, 0.05) is 18.2 Å². The molecule has 0 aliphatic carbocycles. The van der Waals surface area contributed by atoms with E-state index in [0.29, 0.717) is 22.4 Å². The minimum atomic E-state index is -0.107. The third-order valence-corrected chi connectivity index (χ3v) is 3.46. The topological polar surface area (TPSA) is 38.3 Å². The first-order valence-corrected chi connectivity index (χ1v) is 6.75. The lowest BCUT2D eigenvalue weighted by Crippen LogP contribution is -2.05. The van der Waals surface area contributed by atoms with Crippen LogP contribution < -0.4 is 10.1 Å². The van der Waals surface area contributed by atoms with E-state index in [2.05, 4.69) is 5.32 Å². The summed E-state index contributed by atoms with van der Waals surface area (Å²) in [5.41, 5.74) is 1.55. The number of hydrogen-bond donors (Lipinski definition) is 1. The molecule has 0 atom stereocenters. The standard InChI is InChI=1S/C15H13Cl2NO2/c1-10(19)18-12-5-7-13(8-6-12)20-9-11-3-2-4-14(16)15(11)17/h2-8H,9H2,1H3,(H,18,19). The normalized spacial score (nSPS) is 10.2. The molecule has 0 radical (unpaired) electrons. The number of amides is 1. The monoisotopic (exact) mass is 309 g/mol. The summed E-state index contributed by atoms with van der Waals surface area (Å²) in [6, 6.07) is 12.5. The Labute approximate surface area is 127 Å². The van der Waals surface area contributed by atoms with E-state index < -0.39 is 0 Å². The van der Waals surface area contributed by atoms with Crippen molar-refractivity contribution in [3.63, 3.8) is 0 Å². The molecule has 2 aromatic rings. The van der Waals surface area contributed by atoms with Crippen LogP contribution in [0.3, 0.4) is 0 Å². The average molecular weight is 310 g/mol. The first kappa shape index (κ1) is 14.7. The van der Waals surface area contributed by atoms with E-state index in [9.17, 15) is 4.79 Å². The van der Waals surface area contributed by atoms with Crippen LogP contribution in [0.2, 0.25) is 10.0 Å². The second kappa shape index (κ2) is 6.64. The van der Waals surface area contributed by atoms with Gasteiger partial charge in [-0.25, -0.2) is 0 Å². The molecule has 1 N–H and O–H groups in total. The minimum absolute atomic E-state index is 0.107. The molecule has 0 saturated heterocycles. The van der Waals surface area contributed by atoms with Crippen molar-refractivity contribution in [3.05, 3.63) is 58.1 Å². The quantitative estimate of drug-likeness (QED) is 0.901. The molecule has 0 bridgehead atoms. The number of carbonyl (C=O) groups is 1. The van der Waals surface area contributed by atoms with Gasteiger partial charge >= 0.3 is 0 Å². The Hall–Kier alpha value is -1.71. The highest BCUT2D eigenvalue weighted by molar-refractivity contribution is 6.42. The van der Waals surface area contributed by atoms with Crippen LogP contribution >= 0.6 is 23.2 Å². The van der Waals surface area contributed by atoms with Crippen molar-refractivity contribution in [2.75, 3.05) is 5.32 Å². The van der Waals surface area contributed by atoms with E-state index in [4.69, 9.17) is 27.9 Å².